The van der Waals surface area contributed by atoms with Crippen molar-refractivity contribution in [3.63, 3.8) is 0 Å². The molecule has 0 amide bonds. The molecule has 0 fully saturated rings. The van der Waals surface area contributed by atoms with Gasteiger partial charge in [0.2, 0.25) is 0 Å². The first-order valence-corrected chi connectivity index (χ1v) is 11.3. The minimum absolute atomic E-state index is 1.30. The van der Waals surface area contributed by atoms with Crippen LogP contribution in [0.25, 0.3) is 0 Å². The molecule has 0 bridgehead atoms. The van der Waals surface area contributed by atoms with Gasteiger partial charge in [-0.3, -0.25) is 0 Å². The van der Waals surface area contributed by atoms with Crippen molar-refractivity contribution in [3.8, 4) is 0 Å². The van der Waals surface area contributed by atoms with Gasteiger partial charge in [-0.25, -0.2) is 0 Å². The highest BCUT2D eigenvalue weighted by atomic mass is 32.2. The van der Waals surface area contributed by atoms with E-state index in [1.54, 1.807) is 11.8 Å². The average molecular weight is 371 g/mol. The molecule has 2 unspecified atom stereocenters. The van der Waals surface area contributed by atoms with Gasteiger partial charge in [0.1, 0.15) is 0 Å². The van der Waals surface area contributed by atoms with E-state index < -0.39 is 0 Å². The molecular weight excluding hydrogens is 334 g/mol. The van der Waals surface area contributed by atoms with Gasteiger partial charge in [0, 0.05) is 9.79 Å². The van der Waals surface area contributed by atoms with Gasteiger partial charge in [0.15, 0.2) is 0 Å². The van der Waals surface area contributed by atoms with E-state index in [1.165, 1.54) is 20.9 Å². The Hall–Kier alpha value is -0.350. The Morgan fingerprint density at radius 3 is 0.957 bits per heavy atom. The Bertz CT molecular complexity index is 393. The summed E-state index contributed by atoms with van der Waals surface area (Å²) in [7, 11) is 4.83. The average Bonchev–Trinajstić information content (AvgIpc) is 2.66. The molecule has 0 heterocycles. The molecule has 0 N–H and O–H groups in total. The zero-order valence-corrected chi connectivity index (χ0v) is 19.3. The third-order valence-corrected chi connectivity index (χ3v) is 3.29. The van der Waals surface area contributed by atoms with Crippen molar-refractivity contribution in [2.24, 2.45) is 0 Å². The van der Waals surface area contributed by atoms with E-state index >= 15 is 0 Å². The SMILES string of the molecule is CC.CC.CP.CP.Cc1ccc(Sc2ccc(C)cc2)cc1. The summed E-state index contributed by atoms with van der Waals surface area (Å²) in [6, 6.07) is 17.3. The summed E-state index contributed by atoms with van der Waals surface area (Å²) in [4.78, 5) is 2.59. The maximum absolute atomic E-state index is 2.42. The van der Waals surface area contributed by atoms with E-state index in [2.05, 4.69) is 80.9 Å². The molecule has 2 aromatic rings. The maximum Gasteiger partial charge on any atom is 0.0122 e. The van der Waals surface area contributed by atoms with E-state index in [0.29, 0.717) is 0 Å². The lowest BCUT2D eigenvalue weighted by molar-refractivity contribution is 1.34. The van der Waals surface area contributed by atoms with Crippen LogP contribution in [0.5, 0.6) is 0 Å². The fourth-order valence-electron chi connectivity index (χ4n) is 1.35. The fraction of sp³-hybridized carbons (Fsp3) is 0.400. The Morgan fingerprint density at radius 2 is 0.739 bits per heavy atom. The van der Waals surface area contributed by atoms with Gasteiger partial charge in [-0.15, -0.1) is 18.5 Å². The normalized spacial score (nSPS) is 7.74. The van der Waals surface area contributed by atoms with Crippen LogP contribution in [0, 0.1) is 13.8 Å². The van der Waals surface area contributed by atoms with Crippen LogP contribution in [0.1, 0.15) is 38.8 Å². The standard InChI is InChI=1S/C14H14S.2C2H6.2CH5P/c1-11-3-7-13(8-4-11)15-14-9-5-12(2)6-10-14;4*1-2/h3-10H,1-2H3;2*1-2H3;2*2H2,1H3. The van der Waals surface area contributed by atoms with Crippen LogP contribution in [0.3, 0.4) is 0 Å². The lowest BCUT2D eigenvalue weighted by Gasteiger charge is -2.02. The summed E-state index contributed by atoms with van der Waals surface area (Å²) in [5.74, 6) is 0. The third kappa shape index (κ3) is 14.9. The molecule has 0 aliphatic rings. The molecule has 3 heteroatoms. The molecule has 0 radical (unpaired) electrons. The minimum Gasteiger partial charge on any atom is -0.141 e. The third-order valence-electron chi connectivity index (χ3n) is 2.28. The van der Waals surface area contributed by atoms with Crippen molar-refractivity contribution in [3.05, 3.63) is 59.7 Å². The fourth-order valence-corrected chi connectivity index (χ4v) is 2.17. The first-order chi connectivity index (χ1) is 11.2. The van der Waals surface area contributed by atoms with Crippen LogP contribution in [-0.2, 0) is 0 Å². The minimum atomic E-state index is 1.30. The number of benzene rings is 2. The first-order valence-electron chi connectivity index (χ1n) is 8.21. The first kappa shape index (κ1) is 27.5. The molecule has 0 saturated heterocycles. The predicted octanol–water partition coefficient (Wildman–Crippen LogP) is 7.49. The van der Waals surface area contributed by atoms with Crippen molar-refractivity contribution < 1.29 is 0 Å². The Morgan fingerprint density at radius 1 is 0.522 bits per heavy atom. The second-order valence-electron chi connectivity index (χ2n) is 3.73. The molecule has 2 atom stereocenters. The number of hydrogen-bond donors (Lipinski definition) is 0. The summed E-state index contributed by atoms with van der Waals surface area (Å²) < 4.78 is 0. The van der Waals surface area contributed by atoms with Crippen molar-refractivity contribution in [1.29, 1.82) is 0 Å². The molecule has 23 heavy (non-hydrogen) atoms. The summed E-state index contributed by atoms with van der Waals surface area (Å²) in [5, 5.41) is 0. The van der Waals surface area contributed by atoms with Gasteiger partial charge in [0.25, 0.3) is 0 Å². The summed E-state index contributed by atoms with van der Waals surface area (Å²) in [6.45, 7) is 16.1. The topological polar surface area (TPSA) is 0 Å². The predicted molar refractivity (Wildman–Crippen MR) is 120 cm³/mol. The smallest absolute Gasteiger partial charge is 0.0122 e. The van der Waals surface area contributed by atoms with Crippen molar-refractivity contribution >= 4 is 30.2 Å². The van der Waals surface area contributed by atoms with E-state index in [1.807, 2.05) is 41.0 Å². The Labute approximate surface area is 154 Å². The van der Waals surface area contributed by atoms with Crippen molar-refractivity contribution in [1.82, 2.24) is 0 Å². The van der Waals surface area contributed by atoms with Crippen LogP contribution in [0.4, 0.5) is 0 Å². The van der Waals surface area contributed by atoms with Gasteiger partial charge >= 0.3 is 0 Å². The van der Waals surface area contributed by atoms with Gasteiger partial charge in [0.05, 0.1) is 0 Å². The number of rotatable bonds is 2. The monoisotopic (exact) mass is 370 g/mol. The Balaban J connectivity index is -0.000000438. The van der Waals surface area contributed by atoms with E-state index in [-0.39, 0.29) is 0 Å². The van der Waals surface area contributed by atoms with Crippen molar-refractivity contribution in [2.45, 2.75) is 51.3 Å². The second kappa shape index (κ2) is 21.6. The molecule has 0 spiro atoms. The molecule has 0 aliphatic carbocycles. The molecule has 0 aliphatic heterocycles. The highest BCUT2D eigenvalue weighted by Gasteiger charge is 1.96. The van der Waals surface area contributed by atoms with E-state index in [9.17, 15) is 0 Å². The van der Waals surface area contributed by atoms with Gasteiger partial charge in [-0.1, -0.05) is 88.2 Å². The number of hydrogen-bond acceptors (Lipinski definition) is 1. The van der Waals surface area contributed by atoms with Crippen LogP contribution < -0.4 is 0 Å². The highest BCUT2D eigenvalue weighted by molar-refractivity contribution is 7.99. The number of aryl methyl sites for hydroxylation is 2. The lowest BCUT2D eigenvalue weighted by atomic mass is 10.2. The van der Waals surface area contributed by atoms with Crippen LogP contribution in [0.2, 0.25) is 0 Å². The molecule has 0 aromatic heterocycles. The zero-order valence-electron chi connectivity index (χ0n) is 16.2. The summed E-state index contributed by atoms with van der Waals surface area (Å²) in [5.41, 5.74) is 2.62. The Kier molecular flexibility index (Phi) is 25.9. The van der Waals surface area contributed by atoms with Crippen molar-refractivity contribution in [2.75, 3.05) is 13.3 Å². The highest BCUT2D eigenvalue weighted by Crippen LogP contribution is 2.27. The van der Waals surface area contributed by atoms with Gasteiger partial charge in [-0.05, 0) is 38.1 Å². The molecule has 2 rings (SSSR count). The molecule has 0 nitrogen and oxygen atoms in total. The summed E-state index contributed by atoms with van der Waals surface area (Å²) >= 11 is 1.80. The molecule has 2 aromatic carbocycles. The lowest BCUT2D eigenvalue weighted by Crippen LogP contribution is -1.76. The second-order valence-corrected chi connectivity index (χ2v) is 4.88. The van der Waals surface area contributed by atoms with Gasteiger partial charge in [-0.2, -0.15) is 0 Å². The van der Waals surface area contributed by atoms with Crippen LogP contribution in [-0.4, -0.2) is 13.3 Å². The quantitative estimate of drug-likeness (QED) is 0.493. The molecule has 132 valence electrons. The molecular formula is C20H36P2S. The largest absolute Gasteiger partial charge is 0.141 e. The van der Waals surface area contributed by atoms with Crippen LogP contribution in [0.15, 0.2) is 58.3 Å². The van der Waals surface area contributed by atoms with Gasteiger partial charge < -0.3 is 0 Å². The maximum atomic E-state index is 2.42. The van der Waals surface area contributed by atoms with E-state index in [0.717, 1.165) is 0 Å². The zero-order chi connectivity index (χ0) is 18.7. The molecule has 0 saturated carbocycles. The van der Waals surface area contributed by atoms with Crippen LogP contribution >= 0.6 is 30.2 Å². The summed E-state index contributed by atoms with van der Waals surface area (Å²) in [6.07, 6.45) is 0. The van der Waals surface area contributed by atoms with E-state index in [4.69, 9.17) is 0 Å².